The van der Waals surface area contributed by atoms with Crippen molar-refractivity contribution < 1.29 is 30.8 Å². The van der Waals surface area contributed by atoms with Crippen LogP contribution in [0.1, 0.15) is 11.3 Å². The van der Waals surface area contributed by atoms with Crippen molar-refractivity contribution in [1.29, 1.82) is 0 Å². The third-order valence-corrected chi connectivity index (χ3v) is 2.98. The molecule has 1 aromatic carbocycles. The largest absolute Gasteiger partial charge is 0.451 e. The van der Waals surface area contributed by atoms with E-state index in [1.54, 1.807) is 0 Å². The topological polar surface area (TPSA) is 33.6 Å². The molecule has 128 valence electrons. The first-order valence-corrected chi connectivity index (χ1v) is 6.37. The Hall–Kier alpha value is -2.70. The van der Waals surface area contributed by atoms with Crippen molar-refractivity contribution in [2.45, 2.75) is 18.9 Å². The van der Waals surface area contributed by atoms with Gasteiger partial charge in [0.15, 0.2) is 12.1 Å². The van der Waals surface area contributed by atoms with Gasteiger partial charge in [0.1, 0.15) is 12.8 Å². The summed E-state index contributed by atoms with van der Waals surface area (Å²) in [6.07, 6.45) is -7.39. The number of hydrogen-bond acceptors (Lipinski definition) is 3. The van der Waals surface area contributed by atoms with Crippen LogP contribution < -0.4 is 4.90 Å². The van der Waals surface area contributed by atoms with E-state index in [2.05, 4.69) is 14.2 Å². The van der Waals surface area contributed by atoms with Crippen LogP contribution in [0.5, 0.6) is 0 Å². The molecule has 0 aliphatic rings. The Kier molecular flexibility index (Phi) is 4.73. The van der Waals surface area contributed by atoms with E-state index in [0.29, 0.717) is 11.0 Å². The number of rotatable bonds is 4. The molecule has 0 N–H and O–H groups in total. The summed E-state index contributed by atoms with van der Waals surface area (Å²) in [4.78, 5) is 7.10. The lowest BCUT2D eigenvalue weighted by atomic mass is 10.1. The molecular weight excluding hydrogens is 340 g/mol. The molecule has 2 aromatic rings. The van der Waals surface area contributed by atoms with E-state index in [9.17, 15) is 26.3 Å². The molecule has 0 aliphatic heterocycles. The summed E-state index contributed by atoms with van der Waals surface area (Å²) < 4.78 is 81.8. The summed E-state index contributed by atoms with van der Waals surface area (Å²) in [5.41, 5.74) is -2.17. The maximum absolute atomic E-state index is 13.0. The summed E-state index contributed by atoms with van der Waals surface area (Å²) >= 11 is 0. The molecule has 0 unspecified atom stereocenters. The molecule has 4 nitrogen and oxygen atoms in total. The standard InChI is InChI=1S/C14H9F6N3O/c1-21-12-3-2-10(4-11(12)14(18,19)20)23(7-13(15,16)17)5-9-6-24-8-22-9/h2-4,6,8H,5,7H2. The fourth-order valence-corrected chi connectivity index (χ4v) is 2.01. The van der Waals surface area contributed by atoms with Crippen LogP contribution in [0.3, 0.4) is 0 Å². The van der Waals surface area contributed by atoms with Crippen molar-refractivity contribution in [3.8, 4) is 0 Å². The zero-order chi connectivity index (χ0) is 18.0. The zero-order valence-electron chi connectivity index (χ0n) is 11.8. The fourth-order valence-electron chi connectivity index (χ4n) is 2.01. The quantitative estimate of drug-likeness (QED) is 0.587. The molecule has 1 heterocycles. The highest BCUT2D eigenvalue weighted by Crippen LogP contribution is 2.39. The number of anilines is 1. The first-order chi connectivity index (χ1) is 11.1. The molecule has 1 aromatic heterocycles. The van der Waals surface area contributed by atoms with Gasteiger partial charge in [0.25, 0.3) is 0 Å². The van der Waals surface area contributed by atoms with Gasteiger partial charge in [-0.15, -0.1) is 0 Å². The molecule has 0 saturated carbocycles. The third kappa shape index (κ3) is 4.41. The van der Waals surface area contributed by atoms with E-state index in [1.165, 1.54) is 0 Å². The normalized spacial score (nSPS) is 12.0. The predicted molar refractivity (Wildman–Crippen MR) is 71.3 cm³/mol. The Morgan fingerprint density at radius 1 is 1.17 bits per heavy atom. The Morgan fingerprint density at radius 3 is 2.38 bits per heavy atom. The first kappa shape index (κ1) is 17.7. The SMILES string of the molecule is [C-]#[N+]c1ccc(N(Cc2cocn2)CC(F)(F)F)cc1C(F)(F)F. The lowest BCUT2D eigenvalue weighted by Crippen LogP contribution is -2.34. The van der Waals surface area contributed by atoms with Gasteiger partial charge in [0, 0.05) is 5.69 Å². The van der Waals surface area contributed by atoms with Gasteiger partial charge in [0.2, 0.25) is 0 Å². The highest BCUT2D eigenvalue weighted by atomic mass is 19.4. The Labute approximate surface area is 132 Å². The van der Waals surface area contributed by atoms with Crippen molar-refractivity contribution >= 4 is 11.4 Å². The van der Waals surface area contributed by atoms with Crippen molar-refractivity contribution in [2.75, 3.05) is 11.4 Å². The minimum atomic E-state index is -4.85. The average Bonchev–Trinajstić information content (AvgIpc) is 2.96. The molecule has 10 heteroatoms. The van der Waals surface area contributed by atoms with Crippen LogP contribution in [0.4, 0.5) is 37.7 Å². The molecule has 0 atom stereocenters. The third-order valence-electron chi connectivity index (χ3n) is 2.98. The van der Waals surface area contributed by atoms with Gasteiger partial charge < -0.3 is 9.32 Å². The molecule has 0 saturated heterocycles. The van der Waals surface area contributed by atoms with E-state index >= 15 is 0 Å². The number of aromatic nitrogens is 1. The number of halogens is 6. The highest BCUT2D eigenvalue weighted by Gasteiger charge is 2.36. The van der Waals surface area contributed by atoms with Crippen LogP contribution >= 0.6 is 0 Å². The van der Waals surface area contributed by atoms with Gasteiger partial charge >= 0.3 is 12.4 Å². The molecule has 24 heavy (non-hydrogen) atoms. The molecule has 0 fully saturated rings. The molecule has 0 radical (unpaired) electrons. The van der Waals surface area contributed by atoms with Crippen LogP contribution in [0.15, 0.2) is 35.3 Å². The smallest absolute Gasteiger partial charge is 0.407 e. The highest BCUT2D eigenvalue weighted by molar-refractivity contribution is 5.62. The number of benzene rings is 1. The summed E-state index contributed by atoms with van der Waals surface area (Å²) in [6, 6.07) is 2.41. The minimum Gasteiger partial charge on any atom is -0.451 e. The maximum atomic E-state index is 13.0. The second-order valence-electron chi connectivity index (χ2n) is 4.76. The van der Waals surface area contributed by atoms with E-state index in [1.807, 2.05) is 0 Å². The monoisotopic (exact) mass is 349 g/mol. The van der Waals surface area contributed by atoms with Crippen molar-refractivity contribution in [3.63, 3.8) is 0 Å². The summed E-state index contributed by atoms with van der Waals surface area (Å²) in [5.74, 6) is 0. The number of nitrogens with zero attached hydrogens (tertiary/aromatic N) is 3. The number of oxazole rings is 1. The summed E-state index contributed by atoms with van der Waals surface area (Å²) in [7, 11) is 0. The number of alkyl halides is 6. The first-order valence-electron chi connectivity index (χ1n) is 6.37. The van der Waals surface area contributed by atoms with Crippen LogP contribution in [0.25, 0.3) is 4.85 Å². The van der Waals surface area contributed by atoms with Crippen molar-refractivity contribution in [1.82, 2.24) is 4.98 Å². The molecule has 0 bridgehead atoms. The van der Waals surface area contributed by atoms with Gasteiger partial charge in [-0.1, -0.05) is 6.07 Å². The van der Waals surface area contributed by atoms with Crippen LogP contribution in [-0.4, -0.2) is 17.7 Å². The van der Waals surface area contributed by atoms with Gasteiger partial charge in [0.05, 0.1) is 24.4 Å². The Morgan fingerprint density at radius 2 is 1.88 bits per heavy atom. The van der Waals surface area contributed by atoms with E-state index in [-0.39, 0.29) is 11.4 Å². The van der Waals surface area contributed by atoms with Gasteiger partial charge in [-0.2, -0.15) is 26.3 Å². The lowest BCUT2D eigenvalue weighted by molar-refractivity contribution is -0.136. The van der Waals surface area contributed by atoms with Gasteiger partial charge in [-0.05, 0) is 12.1 Å². The lowest BCUT2D eigenvalue weighted by Gasteiger charge is -2.26. The molecular formula is C14H9F6N3O. The molecule has 0 amide bonds. The second-order valence-corrected chi connectivity index (χ2v) is 4.76. The predicted octanol–water partition coefficient (Wildman–Crippen LogP) is 4.81. The second kappa shape index (κ2) is 6.43. The van der Waals surface area contributed by atoms with Crippen LogP contribution in [0, 0.1) is 6.57 Å². The van der Waals surface area contributed by atoms with Gasteiger partial charge in [-0.25, -0.2) is 9.83 Å². The maximum Gasteiger partial charge on any atom is 0.407 e. The van der Waals surface area contributed by atoms with E-state index < -0.39 is 36.7 Å². The van der Waals surface area contributed by atoms with E-state index in [4.69, 9.17) is 6.57 Å². The van der Waals surface area contributed by atoms with Gasteiger partial charge in [-0.3, -0.25) is 0 Å². The van der Waals surface area contributed by atoms with E-state index in [0.717, 1.165) is 24.8 Å². The summed E-state index contributed by atoms with van der Waals surface area (Å²) in [6.45, 7) is 4.88. The minimum absolute atomic E-state index is 0.127. The Bertz CT molecular complexity index is 730. The van der Waals surface area contributed by atoms with Crippen molar-refractivity contribution in [2.24, 2.45) is 0 Å². The molecule has 0 aliphatic carbocycles. The zero-order valence-corrected chi connectivity index (χ0v) is 11.8. The molecule has 0 spiro atoms. The fraction of sp³-hybridized carbons (Fsp3) is 0.286. The number of hydrogen-bond donors (Lipinski definition) is 0. The van der Waals surface area contributed by atoms with Crippen molar-refractivity contribution in [3.05, 3.63) is 53.5 Å². The molecule has 2 rings (SSSR count). The Balaban J connectivity index is 2.44. The van der Waals surface area contributed by atoms with Crippen LogP contribution in [0.2, 0.25) is 0 Å². The average molecular weight is 349 g/mol. The summed E-state index contributed by atoms with van der Waals surface area (Å²) in [5, 5.41) is 0. The van der Waals surface area contributed by atoms with Crippen LogP contribution in [-0.2, 0) is 12.7 Å².